The van der Waals surface area contributed by atoms with E-state index in [2.05, 4.69) is 4.98 Å². The van der Waals surface area contributed by atoms with Crippen molar-refractivity contribution >= 4 is 11.6 Å². The normalized spacial score (nSPS) is 10.6. The van der Waals surface area contributed by atoms with Crippen LogP contribution < -0.4 is 10.3 Å². The SMILES string of the molecule is Cc1cccn2c(=O)cc(COC(=O)COc3ccccc3F)nc12. The van der Waals surface area contributed by atoms with Crippen LogP contribution >= 0.6 is 0 Å². The smallest absolute Gasteiger partial charge is 0.344 e. The molecule has 25 heavy (non-hydrogen) atoms. The van der Waals surface area contributed by atoms with Gasteiger partial charge in [0.05, 0.1) is 5.69 Å². The summed E-state index contributed by atoms with van der Waals surface area (Å²) in [4.78, 5) is 28.1. The highest BCUT2D eigenvalue weighted by atomic mass is 19.1. The molecule has 6 nitrogen and oxygen atoms in total. The molecule has 128 valence electrons. The van der Waals surface area contributed by atoms with Crippen molar-refractivity contribution in [1.29, 1.82) is 0 Å². The molecule has 0 unspecified atom stereocenters. The lowest BCUT2D eigenvalue weighted by atomic mass is 10.3. The highest BCUT2D eigenvalue weighted by Crippen LogP contribution is 2.15. The van der Waals surface area contributed by atoms with Gasteiger partial charge in [0.15, 0.2) is 18.2 Å². The number of para-hydroxylation sites is 1. The van der Waals surface area contributed by atoms with Crippen LogP contribution in [0.25, 0.3) is 5.65 Å². The second-order valence-electron chi connectivity index (χ2n) is 5.35. The van der Waals surface area contributed by atoms with E-state index in [0.29, 0.717) is 11.3 Å². The highest BCUT2D eigenvalue weighted by Gasteiger charge is 2.10. The Bertz CT molecular complexity index is 984. The summed E-state index contributed by atoms with van der Waals surface area (Å²) in [5.41, 5.74) is 1.40. The number of esters is 1. The topological polar surface area (TPSA) is 69.9 Å². The van der Waals surface area contributed by atoms with Gasteiger partial charge in [-0.3, -0.25) is 9.20 Å². The zero-order valence-electron chi connectivity index (χ0n) is 13.4. The van der Waals surface area contributed by atoms with Gasteiger partial charge in [0.2, 0.25) is 0 Å². The van der Waals surface area contributed by atoms with Crippen molar-refractivity contribution in [3.8, 4) is 5.75 Å². The van der Waals surface area contributed by atoms with E-state index in [9.17, 15) is 14.0 Å². The predicted octanol–water partition coefficient (Wildman–Crippen LogP) is 2.26. The molecule has 0 fully saturated rings. The number of rotatable bonds is 5. The first kappa shape index (κ1) is 16.6. The summed E-state index contributed by atoms with van der Waals surface area (Å²) >= 11 is 0. The van der Waals surface area contributed by atoms with Crippen molar-refractivity contribution in [3.05, 3.63) is 76.1 Å². The Hall–Kier alpha value is -3.22. The van der Waals surface area contributed by atoms with Gasteiger partial charge >= 0.3 is 5.97 Å². The van der Waals surface area contributed by atoms with Crippen LogP contribution in [0.4, 0.5) is 4.39 Å². The van der Waals surface area contributed by atoms with E-state index in [4.69, 9.17) is 9.47 Å². The number of benzene rings is 1. The van der Waals surface area contributed by atoms with Crippen LogP contribution in [0.5, 0.6) is 5.75 Å². The van der Waals surface area contributed by atoms with Gasteiger partial charge in [0.25, 0.3) is 5.56 Å². The first-order valence-corrected chi connectivity index (χ1v) is 7.55. The molecule has 2 aromatic heterocycles. The van der Waals surface area contributed by atoms with Crippen molar-refractivity contribution in [1.82, 2.24) is 9.38 Å². The molecule has 0 spiro atoms. The number of hydrogen-bond acceptors (Lipinski definition) is 5. The Morgan fingerprint density at radius 3 is 2.84 bits per heavy atom. The Labute approximate surface area is 142 Å². The van der Waals surface area contributed by atoms with Crippen LogP contribution in [0.2, 0.25) is 0 Å². The van der Waals surface area contributed by atoms with Crippen molar-refractivity contribution < 1.29 is 18.7 Å². The number of pyridine rings is 1. The van der Waals surface area contributed by atoms with Crippen LogP contribution in [0.1, 0.15) is 11.3 Å². The maximum absolute atomic E-state index is 13.4. The second kappa shape index (κ2) is 7.12. The Morgan fingerprint density at radius 2 is 2.04 bits per heavy atom. The van der Waals surface area contributed by atoms with E-state index in [-0.39, 0.29) is 17.9 Å². The summed E-state index contributed by atoms with van der Waals surface area (Å²) < 4.78 is 24.9. The molecule has 0 aliphatic carbocycles. The minimum Gasteiger partial charge on any atom is -0.479 e. The van der Waals surface area contributed by atoms with E-state index in [1.54, 1.807) is 18.3 Å². The van der Waals surface area contributed by atoms with Crippen LogP contribution in [-0.4, -0.2) is 22.0 Å². The summed E-state index contributed by atoms with van der Waals surface area (Å²) in [7, 11) is 0. The van der Waals surface area contributed by atoms with Gasteiger partial charge in [-0.1, -0.05) is 18.2 Å². The second-order valence-corrected chi connectivity index (χ2v) is 5.35. The van der Waals surface area contributed by atoms with Crippen LogP contribution in [0.15, 0.2) is 53.5 Å². The molecule has 0 amide bonds. The molecule has 0 saturated carbocycles. The molecule has 0 aliphatic rings. The minimum absolute atomic E-state index is 0.0304. The van der Waals surface area contributed by atoms with Crippen LogP contribution in [0.3, 0.4) is 0 Å². The molecule has 0 saturated heterocycles. The van der Waals surface area contributed by atoms with E-state index in [0.717, 1.165) is 5.56 Å². The van der Waals surface area contributed by atoms with Crippen molar-refractivity contribution in [3.63, 3.8) is 0 Å². The number of carbonyl (C=O) groups excluding carboxylic acids is 1. The van der Waals surface area contributed by atoms with E-state index in [1.807, 2.05) is 13.0 Å². The fourth-order valence-corrected chi connectivity index (χ4v) is 2.28. The lowest BCUT2D eigenvalue weighted by Gasteiger charge is -2.08. The molecule has 0 atom stereocenters. The van der Waals surface area contributed by atoms with E-state index < -0.39 is 18.4 Å². The molecule has 0 N–H and O–H groups in total. The fourth-order valence-electron chi connectivity index (χ4n) is 2.28. The summed E-state index contributed by atoms with van der Waals surface area (Å²) in [6.07, 6.45) is 1.62. The Morgan fingerprint density at radius 1 is 1.24 bits per heavy atom. The molecule has 3 rings (SSSR count). The number of nitrogens with zero attached hydrogens (tertiary/aromatic N) is 2. The van der Waals surface area contributed by atoms with Gasteiger partial charge in [-0.2, -0.15) is 0 Å². The first-order chi connectivity index (χ1) is 12.0. The number of hydrogen-bond donors (Lipinski definition) is 0. The summed E-state index contributed by atoms with van der Waals surface area (Å²) in [6.45, 7) is 1.23. The van der Waals surface area contributed by atoms with E-state index in [1.165, 1.54) is 28.7 Å². The number of aromatic nitrogens is 2. The van der Waals surface area contributed by atoms with Gasteiger partial charge in [-0.05, 0) is 30.7 Å². The average molecular weight is 342 g/mol. The van der Waals surface area contributed by atoms with Gasteiger partial charge in [0, 0.05) is 12.3 Å². The molecule has 2 heterocycles. The average Bonchev–Trinajstić information content (AvgIpc) is 2.60. The third-order valence-corrected chi connectivity index (χ3v) is 3.50. The maximum atomic E-state index is 13.4. The third kappa shape index (κ3) is 3.82. The largest absolute Gasteiger partial charge is 0.479 e. The van der Waals surface area contributed by atoms with Crippen molar-refractivity contribution in [2.45, 2.75) is 13.5 Å². The minimum atomic E-state index is -0.685. The Kier molecular flexibility index (Phi) is 4.74. The quantitative estimate of drug-likeness (QED) is 0.665. The van der Waals surface area contributed by atoms with Crippen LogP contribution in [-0.2, 0) is 16.1 Å². The Balaban J connectivity index is 1.64. The molecule has 1 aromatic carbocycles. The number of fused-ring (bicyclic) bond motifs is 1. The van der Waals surface area contributed by atoms with E-state index >= 15 is 0 Å². The summed E-state index contributed by atoms with van der Waals surface area (Å²) in [5.74, 6) is -1.28. The molecular weight excluding hydrogens is 327 g/mol. The zero-order valence-corrected chi connectivity index (χ0v) is 13.4. The van der Waals surface area contributed by atoms with Gasteiger partial charge < -0.3 is 9.47 Å². The van der Waals surface area contributed by atoms with Gasteiger partial charge in [-0.25, -0.2) is 14.2 Å². The lowest BCUT2D eigenvalue weighted by molar-refractivity contribution is -0.147. The summed E-state index contributed by atoms with van der Waals surface area (Å²) in [5, 5.41) is 0. The molecule has 0 radical (unpaired) electrons. The van der Waals surface area contributed by atoms with Gasteiger partial charge in [0.1, 0.15) is 12.3 Å². The zero-order chi connectivity index (χ0) is 17.8. The summed E-state index contributed by atoms with van der Waals surface area (Å²) in [6, 6.07) is 10.7. The lowest BCUT2D eigenvalue weighted by Crippen LogP contribution is -2.19. The standard InChI is InChI=1S/C18H15FN2O4/c1-12-5-4-8-21-16(22)9-13(20-18(12)21)10-25-17(23)11-24-15-7-3-2-6-14(15)19/h2-9H,10-11H2,1H3. The number of carbonyl (C=O) groups is 1. The molecule has 0 aliphatic heterocycles. The highest BCUT2D eigenvalue weighted by molar-refractivity contribution is 5.71. The third-order valence-electron chi connectivity index (χ3n) is 3.50. The number of ether oxygens (including phenoxy) is 2. The molecule has 0 bridgehead atoms. The van der Waals surface area contributed by atoms with Crippen molar-refractivity contribution in [2.24, 2.45) is 0 Å². The molecule has 3 aromatic rings. The number of halogens is 1. The first-order valence-electron chi connectivity index (χ1n) is 7.55. The maximum Gasteiger partial charge on any atom is 0.344 e. The van der Waals surface area contributed by atoms with Crippen molar-refractivity contribution in [2.75, 3.05) is 6.61 Å². The van der Waals surface area contributed by atoms with Crippen LogP contribution in [0, 0.1) is 12.7 Å². The molecular formula is C18H15FN2O4. The number of aryl methyl sites for hydroxylation is 1. The fraction of sp³-hybridized carbons (Fsp3) is 0.167. The molecule has 7 heteroatoms. The monoisotopic (exact) mass is 342 g/mol. The van der Waals surface area contributed by atoms with Gasteiger partial charge in [-0.15, -0.1) is 0 Å². The predicted molar refractivity (Wildman–Crippen MR) is 87.9 cm³/mol.